The maximum atomic E-state index is 11.5. The summed E-state index contributed by atoms with van der Waals surface area (Å²) in [5.74, 6) is 2.34. The second-order valence-corrected chi connectivity index (χ2v) is 9.36. The molecule has 11 heteroatoms. The number of aromatic nitrogens is 4. The third-order valence-electron chi connectivity index (χ3n) is 6.70. The van der Waals surface area contributed by atoms with Crippen LogP contribution in [0.15, 0.2) is 89.7 Å². The molecule has 0 saturated heterocycles. The van der Waals surface area contributed by atoms with Crippen molar-refractivity contribution in [2.45, 2.75) is 27.0 Å². The third kappa shape index (κ3) is 4.71. The molecule has 2 aliphatic heterocycles. The van der Waals surface area contributed by atoms with Crippen molar-refractivity contribution < 1.29 is 19.3 Å². The first-order valence-corrected chi connectivity index (χ1v) is 13.0. The molecule has 10 nitrogen and oxygen atoms in total. The van der Waals surface area contributed by atoms with Crippen LogP contribution < -0.4 is 14.7 Å². The van der Waals surface area contributed by atoms with Gasteiger partial charge in [0.2, 0.25) is 11.7 Å². The van der Waals surface area contributed by atoms with Gasteiger partial charge in [0.05, 0.1) is 18.8 Å². The lowest BCUT2D eigenvalue weighted by molar-refractivity contribution is -0.663. The van der Waals surface area contributed by atoms with Gasteiger partial charge in [-0.15, -0.1) is 9.90 Å². The normalized spacial score (nSPS) is 14.8. The molecule has 0 saturated carbocycles. The van der Waals surface area contributed by atoms with E-state index >= 15 is 0 Å². The second kappa shape index (κ2) is 10.7. The third-order valence-corrected chi connectivity index (χ3v) is 6.70. The van der Waals surface area contributed by atoms with Crippen molar-refractivity contribution in [3.05, 3.63) is 107 Å². The van der Waals surface area contributed by atoms with Gasteiger partial charge in [-0.3, -0.25) is 14.3 Å². The van der Waals surface area contributed by atoms with Gasteiger partial charge in [-0.05, 0) is 54.0 Å². The molecule has 4 heterocycles. The first-order chi connectivity index (χ1) is 19.6. The highest BCUT2D eigenvalue weighted by Crippen LogP contribution is 2.37. The van der Waals surface area contributed by atoms with Gasteiger partial charge in [-0.25, -0.2) is 0 Å². The van der Waals surface area contributed by atoms with E-state index in [1.807, 2.05) is 75.1 Å². The van der Waals surface area contributed by atoms with E-state index in [1.54, 1.807) is 10.9 Å². The lowest BCUT2D eigenvalue weighted by Crippen LogP contribution is -2.43. The number of anilines is 1. The van der Waals surface area contributed by atoms with E-state index in [1.165, 1.54) is 6.92 Å². The van der Waals surface area contributed by atoms with Crippen LogP contribution in [0, 0.1) is 0 Å². The number of nitrogens with zero attached hydrogens (tertiary/aromatic N) is 5. The van der Waals surface area contributed by atoms with Gasteiger partial charge in [0.1, 0.15) is 24.4 Å². The molecule has 1 radical (unpaired) electrons. The summed E-state index contributed by atoms with van der Waals surface area (Å²) in [6.07, 6.45) is 5.85. The fourth-order valence-corrected chi connectivity index (χ4v) is 4.93. The fraction of sp³-hybridized carbons (Fsp3) is 0.172. The predicted octanol–water partition coefficient (Wildman–Crippen LogP) is 2.96. The van der Waals surface area contributed by atoms with Crippen LogP contribution in [0.25, 0.3) is 11.4 Å². The predicted molar refractivity (Wildman–Crippen MR) is 152 cm³/mol. The second-order valence-electron chi connectivity index (χ2n) is 9.36. The number of rotatable bonds is 8. The Balaban J connectivity index is 1.42. The number of nitrogens with one attached hydrogen (secondary N) is 2. The molecular formula is C29H28BN7O3+. The van der Waals surface area contributed by atoms with Crippen molar-refractivity contribution in [1.29, 1.82) is 0 Å². The van der Waals surface area contributed by atoms with E-state index in [-0.39, 0.29) is 12.5 Å². The topological polar surface area (TPSA) is 112 Å². The Labute approximate surface area is 232 Å². The maximum Gasteiger partial charge on any atom is 0.503 e. The van der Waals surface area contributed by atoms with Gasteiger partial charge in [-0.1, -0.05) is 30.3 Å². The number of H-pyrrole nitrogens is 1. The summed E-state index contributed by atoms with van der Waals surface area (Å²) in [5.41, 5.74) is 6.27. The van der Waals surface area contributed by atoms with Crippen molar-refractivity contribution >= 4 is 30.6 Å². The Morgan fingerprint density at radius 2 is 1.98 bits per heavy atom. The quantitative estimate of drug-likeness (QED) is 0.238. The zero-order chi connectivity index (χ0) is 27.6. The molecule has 1 amide bonds. The minimum absolute atomic E-state index is 0.115. The van der Waals surface area contributed by atoms with E-state index in [0.29, 0.717) is 18.8 Å². The van der Waals surface area contributed by atoms with Gasteiger partial charge in [0.25, 0.3) is 0 Å². The summed E-state index contributed by atoms with van der Waals surface area (Å²) in [4.78, 5) is 18.6. The number of aromatic amines is 1. The number of amides is 1. The van der Waals surface area contributed by atoms with Crippen molar-refractivity contribution in [3.8, 4) is 11.6 Å². The van der Waals surface area contributed by atoms with E-state index in [2.05, 4.69) is 37.1 Å². The average molecular weight is 533 g/mol. The minimum Gasteiger partial charge on any atom is -0.494 e. The molecule has 0 unspecified atom stereocenters. The summed E-state index contributed by atoms with van der Waals surface area (Å²) in [6.45, 7) is 4.36. The number of carbonyl (C=O) groups is 1. The molecule has 0 aliphatic carbocycles. The largest absolute Gasteiger partial charge is 0.503 e. The Bertz CT molecular complexity index is 1670. The number of benzene rings is 2. The molecule has 0 atom stereocenters. The van der Waals surface area contributed by atoms with Crippen molar-refractivity contribution in [1.82, 2.24) is 19.6 Å². The molecule has 0 bridgehead atoms. The number of fused-ring (bicyclic) bond motifs is 2. The van der Waals surface area contributed by atoms with E-state index in [0.717, 1.165) is 51.2 Å². The van der Waals surface area contributed by atoms with Gasteiger partial charge in [0.15, 0.2) is 5.69 Å². The molecule has 2 aliphatic rings. The molecule has 0 fully saturated rings. The maximum absolute atomic E-state index is 11.5. The van der Waals surface area contributed by atoms with Gasteiger partial charge >= 0.3 is 7.55 Å². The molecule has 40 heavy (non-hydrogen) atoms. The molecule has 6 rings (SSSR count). The molecule has 0 spiro atoms. The zero-order valence-electron chi connectivity index (χ0n) is 22.2. The average Bonchev–Trinajstić information content (AvgIpc) is 3.70. The van der Waals surface area contributed by atoms with Crippen LogP contribution >= 0.6 is 0 Å². The number of aliphatic hydroxyl groups is 1. The number of aliphatic hydroxyl groups excluding tert-OH is 1. The van der Waals surface area contributed by atoms with Crippen molar-refractivity contribution in [3.63, 3.8) is 0 Å². The highest BCUT2D eigenvalue weighted by molar-refractivity contribution is 6.41. The fourth-order valence-electron chi connectivity index (χ4n) is 4.93. The van der Waals surface area contributed by atoms with Crippen molar-refractivity contribution in [2.24, 2.45) is 4.99 Å². The SMILES string of the molecule is CCOc1ccccc1CN=C1C=CC2=C(c3ccc(NC(C)=O)cc3)c3ccc(-[n+]4cc(CO)n[nH]4)n3[B]N12. The monoisotopic (exact) mass is 533 g/mol. The van der Waals surface area contributed by atoms with Crippen LogP contribution in [0.5, 0.6) is 5.75 Å². The Hall–Kier alpha value is -4.90. The van der Waals surface area contributed by atoms with Gasteiger partial charge in [-0.2, -0.15) is 0 Å². The number of aliphatic imine (C=N–C) groups is 1. The van der Waals surface area contributed by atoms with E-state index < -0.39 is 0 Å². The van der Waals surface area contributed by atoms with Crippen molar-refractivity contribution in [2.75, 3.05) is 11.9 Å². The summed E-state index contributed by atoms with van der Waals surface area (Å²) in [6, 6.07) is 19.8. The van der Waals surface area contributed by atoms with E-state index in [9.17, 15) is 9.90 Å². The molecule has 2 aromatic carbocycles. The van der Waals surface area contributed by atoms with Crippen LogP contribution in [-0.2, 0) is 17.9 Å². The van der Waals surface area contributed by atoms with Gasteiger partial charge < -0.3 is 20.0 Å². The van der Waals surface area contributed by atoms with Crippen LogP contribution in [-0.4, -0.2) is 50.6 Å². The number of carbonyl (C=O) groups excluding carboxylic acids is 1. The summed E-state index contributed by atoms with van der Waals surface area (Å²) in [7, 11) is 2.01. The molecule has 3 N–H and O–H groups in total. The first-order valence-electron chi connectivity index (χ1n) is 13.0. The smallest absolute Gasteiger partial charge is 0.494 e. The first kappa shape index (κ1) is 25.4. The number of hydrogen-bond acceptors (Lipinski definition) is 5. The van der Waals surface area contributed by atoms with Crippen LogP contribution in [0.4, 0.5) is 5.69 Å². The highest BCUT2D eigenvalue weighted by Gasteiger charge is 2.36. The number of ether oxygens (including phenoxy) is 1. The number of hydrogen-bond donors (Lipinski definition) is 3. The summed E-state index contributed by atoms with van der Waals surface area (Å²) in [5, 5.41) is 19.5. The Morgan fingerprint density at radius 3 is 2.73 bits per heavy atom. The van der Waals surface area contributed by atoms with Crippen LogP contribution in [0.2, 0.25) is 0 Å². The number of para-hydroxylation sites is 1. The lowest BCUT2D eigenvalue weighted by Gasteiger charge is -2.28. The zero-order valence-corrected chi connectivity index (χ0v) is 22.2. The summed E-state index contributed by atoms with van der Waals surface area (Å²) < 4.78 is 9.64. The van der Waals surface area contributed by atoms with Gasteiger partial charge in [0, 0.05) is 35.5 Å². The number of amidine groups is 1. The van der Waals surface area contributed by atoms with Crippen LogP contribution in [0.3, 0.4) is 0 Å². The lowest BCUT2D eigenvalue weighted by atomic mass is 9.91. The molecular weight excluding hydrogens is 505 g/mol. The highest BCUT2D eigenvalue weighted by atomic mass is 16.5. The van der Waals surface area contributed by atoms with Crippen LogP contribution in [0.1, 0.15) is 36.4 Å². The number of allylic oxidation sites excluding steroid dienone is 1. The molecule has 4 aromatic rings. The Morgan fingerprint density at radius 1 is 1.15 bits per heavy atom. The Kier molecular flexibility index (Phi) is 6.79. The molecule has 199 valence electrons. The minimum atomic E-state index is -0.160. The summed E-state index contributed by atoms with van der Waals surface area (Å²) >= 11 is 0. The standard InChI is InChI=1S/C29H27BN7O3/c1-3-40-26-7-5-4-6-21(26)16-31-27-14-12-24-29(20-8-10-22(11-9-20)32-19(2)39)25-13-15-28(37(25)30-36(24)27)35-17-23(18-38)33-34-35/h4-15,17,38H,3,16,18H2,1-2H3,(H,31,32,39)/p+1. The van der Waals surface area contributed by atoms with E-state index in [4.69, 9.17) is 9.73 Å². The molecule has 2 aromatic heterocycles.